The second-order valence-corrected chi connectivity index (χ2v) is 15.5. The highest BCUT2D eigenvalue weighted by Gasteiger charge is 2.65. The molecule has 1 heterocycles. The van der Waals surface area contributed by atoms with E-state index in [0.717, 1.165) is 24.0 Å². The molecule has 1 saturated carbocycles. The summed E-state index contributed by atoms with van der Waals surface area (Å²) in [7, 11) is 4.50. The van der Waals surface area contributed by atoms with Crippen LogP contribution in [0.2, 0.25) is 0 Å². The number of methoxy groups -OCH3 is 2. The smallest absolute Gasteiger partial charge is 0.417 e. The Morgan fingerprint density at radius 2 is 1.73 bits per heavy atom. The van der Waals surface area contributed by atoms with Gasteiger partial charge in [-0.1, -0.05) is 42.3 Å². The van der Waals surface area contributed by atoms with Crippen LogP contribution in [0.5, 0.6) is 23.0 Å². The molecule has 14 nitrogen and oxygen atoms in total. The molecule has 0 aromatic heterocycles. The van der Waals surface area contributed by atoms with Crippen LogP contribution in [0.25, 0.3) is 0 Å². The summed E-state index contributed by atoms with van der Waals surface area (Å²) in [5, 5.41) is 27.1. The predicted octanol–water partition coefficient (Wildman–Crippen LogP) is 8.38. The zero-order valence-electron chi connectivity index (χ0n) is 35.8. The van der Waals surface area contributed by atoms with Gasteiger partial charge < -0.3 is 43.5 Å². The second-order valence-electron chi connectivity index (χ2n) is 15.5. The molecule has 15 heteroatoms. The number of ether oxygens (including phenoxy) is 6. The average molecular weight is 860 g/mol. The number of oxime groups is 1. The summed E-state index contributed by atoms with van der Waals surface area (Å²) in [5.74, 6) is -1.42. The largest absolute Gasteiger partial charge is 0.497 e. The number of halogens is 1. The number of unbranched alkanes of at least 4 members (excludes halogenated alkanes) is 2. The fraction of sp³-hybridized carbons (Fsp3) is 0.468. The van der Waals surface area contributed by atoms with Gasteiger partial charge in [0, 0.05) is 43.7 Å². The van der Waals surface area contributed by atoms with Gasteiger partial charge in [-0.05, 0) is 98.0 Å². The lowest BCUT2D eigenvalue weighted by Gasteiger charge is -2.59. The molecule has 0 radical (unpaired) electrons. The highest BCUT2D eigenvalue weighted by atomic mass is 19.1. The fourth-order valence-corrected chi connectivity index (χ4v) is 9.26. The van der Waals surface area contributed by atoms with E-state index >= 15 is 0 Å². The van der Waals surface area contributed by atoms with Crippen molar-refractivity contribution in [3.8, 4) is 23.0 Å². The minimum atomic E-state index is -1.56. The quantitative estimate of drug-likeness (QED) is 0.0568. The molecule has 3 N–H and O–H groups in total. The maximum absolute atomic E-state index is 14.2. The van der Waals surface area contributed by atoms with Crippen LogP contribution in [0.1, 0.15) is 68.9 Å². The monoisotopic (exact) mass is 859 g/mol. The number of anilines is 1. The Kier molecular flexibility index (Phi) is 15.9. The van der Waals surface area contributed by atoms with E-state index in [-0.39, 0.29) is 62.9 Å². The molecule has 0 bridgehead atoms. The molecule has 3 aromatic carbocycles. The standard InChI is InChI=1S/C47H58FN3O11/c1-6-24-60-47-42(51(46(55)59-7-2)29-30-14-16-32(48)17-15-30)28-39(50-58-5)36-25-31(12-8-10-22-52)35(13-9-11-23-53)43(44(36)47)37-26-34(19-21-40(37)62-47)61-45(54)49-38-20-18-33(56-3)27-41(38)57-4/h6,14-21,25-27,31,35,42-44,52-53H,1,7-13,22-24,28-29H2,2-5H3,(H,49,54)/t31-,35+,42-,43+,44+,47+/m0/s1. The van der Waals surface area contributed by atoms with Crippen LogP contribution in [-0.2, 0) is 20.9 Å². The summed E-state index contributed by atoms with van der Waals surface area (Å²) in [4.78, 5) is 34.8. The van der Waals surface area contributed by atoms with E-state index in [1.807, 2.05) is 6.07 Å². The number of nitrogens with one attached hydrogen (secondary N) is 1. The third-order valence-corrected chi connectivity index (χ3v) is 11.8. The van der Waals surface area contributed by atoms with Crippen molar-refractivity contribution in [2.24, 2.45) is 22.9 Å². The van der Waals surface area contributed by atoms with Gasteiger partial charge in [0.2, 0.25) is 5.79 Å². The van der Waals surface area contributed by atoms with Crippen molar-refractivity contribution in [3.63, 3.8) is 0 Å². The Hall–Kier alpha value is -5.64. The lowest BCUT2D eigenvalue weighted by Crippen LogP contribution is -2.70. The van der Waals surface area contributed by atoms with E-state index < -0.39 is 35.8 Å². The first-order valence-corrected chi connectivity index (χ1v) is 21.1. The third-order valence-electron chi connectivity index (χ3n) is 11.8. The van der Waals surface area contributed by atoms with Crippen LogP contribution < -0.4 is 24.3 Å². The van der Waals surface area contributed by atoms with Crippen molar-refractivity contribution < 1.29 is 57.5 Å². The van der Waals surface area contributed by atoms with E-state index in [9.17, 15) is 24.2 Å². The molecule has 62 heavy (non-hydrogen) atoms. The second kappa shape index (κ2) is 21.4. The summed E-state index contributed by atoms with van der Waals surface area (Å²) in [6.07, 6.45) is 6.74. The first-order chi connectivity index (χ1) is 30.1. The minimum absolute atomic E-state index is 0.0195. The normalized spacial score (nSPS) is 22.9. The third kappa shape index (κ3) is 10.0. The molecular weight excluding hydrogens is 802 g/mol. The van der Waals surface area contributed by atoms with Crippen LogP contribution >= 0.6 is 0 Å². The summed E-state index contributed by atoms with van der Waals surface area (Å²) >= 11 is 0. The molecule has 0 saturated heterocycles. The van der Waals surface area contributed by atoms with Crippen molar-refractivity contribution >= 4 is 23.6 Å². The zero-order chi connectivity index (χ0) is 44.2. The van der Waals surface area contributed by atoms with Crippen LogP contribution in [0, 0.1) is 23.6 Å². The molecule has 6 atom stereocenters. The van der Waals surface area contributed by atoms with Crippen molar-refractivity contribution in [2.75, 3.05) is 53.1 Å². The van der Waals surface area contributed by atoms with Crippen molar-refractivity contribution in [2.45, 2.75) is 76.2 Å². The number of aliphatic hydroxyl groups excluding tert-OH is 2. The van der Waals surface area contributed by atoms with Crippen molar-refractivity contribution in [1.29, 1.82) is 0 Å². The summed E-state index contributed by atoms with van der Waals surface area (Å²) in [6, 6.07) is 15.2. The molecule has 3 aromatic rings. The Labute approximate surface area is 362 Å². The summed E-state index contributed by atoms with van der Waals surface area (Å²) in [6.45, 7) is 5.95. The number of hydrogen-bond acceptors (Lipinski definition) is 12. The van der Waals surface area contributed by atoms with Gasteiger partial charge in [0.05, 0.1) is 44.8 Å². The number of fused-ring (bicyclic) bond motifs is 2. The number of nitrogens with zero attached hydrogens (tertiary/aromatic N) is 2. The van der Waals surface area contributed by atoms with Crippen molar-refractivity contribution in [3.05, 3.63) is 102 Å². The van der Waals surface area contributed by atoms with E-state index in [4.69, 9.17) is 33.3 Å². The van der Waals surface area contributed by atoms with Crippen molar-refractivity contribution in [1.82, 2.24) is 4.90 Å². The molecule has 2 aliphatic carbocycles. The van der Waals surface area contributed by atoms with E-state index in [2.05, 4.69) is 23.1 Å². The molecule has 0 unspecified atom stereocenters. The number of amides is 2. The molecule has 2 amide bonds. The highest BCUT2D eigenvalue weighted by molar-refractivity contribution is 6.03. The van der Waals surface area contributed by atoms with Crippen LogP contribution in [0.15, 0.2) is 90.1 Å². The molecule has 0 spiro atoms. The van der Waals surface area contributed by atoms with Gasteiger partial charge in [-0.25, -0.2) is 14.0 Å². The predicted molar refractivity (Wildman–Crippen MR) is 230 cm³/mol. The lowest BCUT2D eigenvalue weighted by molar-refractivity contribution is -0.256. The number of hydrogen-bond donors (Lipinski definition) is 3. The molecule has 1 fully saturated rings. The number of allylic oxidation sites excluding steroid dienone is 1. The maximum atomic E-state index is 14.2. The van der Waals surface area contributed by atoms with Gasteiger partial charge in [0.1, 0.15) is 42.0 Å². The zero-order valence-corrected chi connectivity index (χ0v) is 35.8. The maximum Gasteiger partial charge on any atom is 0.417 e. The van der Waals surface area contributed by atoms with Gasteiger partial charge >= 0.3 is 12.2 Å². The molecule has 3 aliphatic rings. The fourth-order valence-electron chi connectivity index (χ4n) is 9.26. The topological polar surface area (TPSA) is 167 Å². The number of carbonyl (C=O) groups excluding carboxylic acids is 2. The van der Waals surface area contributed by atoms with Gasteiger partial charge in [-0.3, -0.25) is 10.2 Å². The Balaban J connectivity index is 1.53. The number of carbonyl (C=O) groups is 2. The van der Waals surface area contributed by atoms with E-state index in [0.29, 0.717) is 59.9 Å². The van der Waals surface area contributed by atoms with Crippen LogP contribution in [0.4, 0.5) is 19.7 Å². The minimum Gasteiger partial charge on any atom is -0.497 e. The van der Waals surface area contributed by atoms with Crippen LogP contribution in [-0.4, -0.2) is 92.6 Å². The van der Waals surface area contributed by atoms with Gasteiger partial charge in [-0.2, -0.15) is 0 Å². The molecule has 6 rings (SSSR count). The summed E-state index contributed by atoms with van der Waals surface area (Å²) < 4.78 is 50.8. The first-order valence-electron chi connectivity index (χ1n) is 21.1. The Morgan fingerprint density at radius 3 is 2.40 bits per heavy atom. The Morgan fingerprint density at radius 1 is 0.984 bits per heavy atom. The highest BCUT2D eigenvalue weighted by Crippen LogP contribution is 2.62. The van der Waals surface area contributed by atoms with Gasteiger partial charge in [-0.15, -0.1) is 6.58 Å². The summed E-state index contributed by atoms with van der Waals surface area (Å²) in [5.41, 5.74) is 3.21. The number of benzene rings is 3. The van der Waals surface area contributed by atoms with E-state index in [1.54, 1.807) is 60.4 Å². The van der Waals surface area contributed by atoms with Gasteiger partial charge in [0.15, 0.2) is 0 Å². The number of aliphatic hydroxyl groups is 2. The first kappa shape index (κ1) is 45.9. The molecule has 334 valence electrons. The number of rotatable bonds is 20. The van der Waals surface area contributed by atoms with E-state index in [1.165, 1.54) is 33.5 Å². The molecule has 1 aliphatic heterocycles. The SMILES string of the molecule is C=CCO[C@@]12Oc3ccc(OC(=O)Nc4ccc(OC)cc4OC)cc3[C@H]3[C@H](CCCCO)[C@@H](CCCCO)C=C(C(=NOC)C[C@@H]1N(Cc1ccc(F)cc1)C(=O)OCC)[C@H]32. The average Bonchev–Trinajstić information content (AvgIpc) is 3.27. The molecular formula is C47H58FN3O11. The Bertz CT molecular complexity index is 2080. The van der Waals surface area contributed by atoms with Crippen LogP contribution in [0.3, 0.4) is 0 Å². The lowest BCUT2D eigenvalue weighted by atomic mass is 9.55. The van der Waals surface area contributed by atoms with Gasteiger partial charge in [0.25, 0.3) is 0 Å².